The number of nitrogens with zero attached hydrogens (tertiary/aromatic N) is 2. The minimum Gasteiger partial charge on any atom is -0.461 e. The second kappa shape index (κ2) is 6.10. The molecule has 0 saturated carbocycles. The molecule has 0 aromatic heterocycles. The maximum atomic E-state index is 12.6. The fraction of sp³-hybridized carbons (Fsp3) is 0.125. The molecule has 2 aromatic carbocycles. The number of imide groups is 1. The van der Waals surface area contributed by atoms with Crippen LogP contribution in [0.4, 0.5) is 10.5 Å². The molecule has 5 nitrogen and oxygen atoms in total. The molecule has 1 saturated heterocycles. The van der Waals surface area contributed by atoms with Crippen LogP contribution in [0.5, 0.6) is 5.75 Å². The third kappa shape index (κ3) is 2.98. The Morgan fingerprint density at radius 3 is 2.30 bits per heavy atom. The number of carbonyl (C=O) groups excluding carboxylic acids is 2. The summed E-state index contributed by atoms with van der Waals surface area (Å²) in [6.45, 7) is 0. The summed E-state index contributed by atoms with van der Waals surface area (Å²) in [5.41, 5.74) is 0.400. The quantitative estimate of drug-likeness (QED) is 0.791. The summed E-state index contributed by atoms with van der Waals surface area (Å²) >= 11 is 11.8. The van der Waals surface area contributed by atoms with Gasteiger partial charge in [-0.1, -0.05) is 35.3 Å². The first kappa shape index (κ1) is 15.6. The molecule has 118 valence electrons. The van der Waals surface area contributed by atoms with Crippen LogP contribution < -0.4 is 9.64 Å². The van der Waals surface area contributed by atoms with E-state index in [4.69, 9.17) is 27.9 Å². The van der Waals surface area contributed by atoms with Crippen LogP contribution in [0.15, 0.2) is 48.5 Å². The van der Waals surface area contributed by atoms with E-state index in [1.165, 1.54) is 11.9 Å². The normalized spacial score (nSPS) is 17.8. The molecule has 3 rings (SSSR count). The molecular formula is C16H12Cl2N2O3. The van der Waals surface area contributed by atoms with Crippen molar-refractivity contribution in [1.82, 2.24) is 4.90 Å². The van der Waals surface area contributed by atoms with Gasteiger partial charge in [0, 0.05) is 17.1 Å². The lowest BCUT2D eigenvalue weighted by atomic mass is 10.3. The maximum absolute atomic E-state index is 12.6. The summed E-state index contributed by atoms with van der Waals surface area (Å²) in [5.74, 6) is -0.0804. The fourth-order valence-corrected chi connectivity index (χ4v) is 2.64. The Morgan fingerprint density at radius 2 is 1.65 bits per heavy atom. The van der Waals surface area contributed by atoms with Gasteiger partial charge in [0.15, 0.2) is 0 Å². The number of likely N-dealkylation sites (N-methyl/N-ethyl adjacent to an activating group) is 1. The molecule has 0 N–H and O–H groups in total. The number of urea groups is 1. The minimum absolute atomic E-state index is 0.400. The second-order valence-corrected chi connectivity index (χ2v) is 5.85. The van der Waals surface area contributed by atoms with Gasteiger partial charge < -0.3 is 4.74 Å². The van der Waals surface area contributed by atoms with E-state index >= 15 is 0 Å². The zero-order valence-electron chi connectivity index (χ0n) is 12.1. The van der Waals surface area contributed by atoms with Crippen LogP contribution in [0, 0.1) is 0 Å². The molecule has 1 unspecified atom stereocenters. The molecular weight excluding hydrogens is 339 g/mol. The number of hydrogen-bond acceptors (Lipinski definition) is 3. The van der Waals surface area contributed by atoms with E-state index in [2.05, 4.69) is 0 Å². The van der Waals surface area contributed by atoms with Crippen molar-refractivity contribution in [3.63, 3.8) is 0 Å². The van der Waals surface area contributed by atoms with Gasteiger partial charge in [0.2, 0.25) is 0 Å². The van der Waals surface area contributed by atoms with Crippen LogP contribution in [0.1, 0.15) is 0 Å². The topological polar surface area (TPSA) is 49.9 Å². The van der Waals surface area contributed by atoms with Crippen LogP contribution in [-0.4, -0.2) is 30.1 Å². The van der Waals surface area contributed by atoms with Crippen molar-refractivity contribution in [2.75, 3.05) is 11.9 Å². The van der Waals surface area contributed by atoms with E-state index in [0.717, 1.165) is 4.90 Å². The van der Waals surface area contributed by atoms with Gasteiger partial charge in [-0.2, -0.15) is 0 Å². The number of carbonyl (C=O) groups is 2. The zero-order chi connectivity index (χ0) is 16.6. The van der Waals surface area contributed by atoms with E-state index in [0.29, 0.717) is 21.5 Å². The van der Waals surface area contributed by atoms with Gasteiger partial charge in [0.05, 0.1) is 5.69 Å². The largest absolute Gasteiger partial charge is 0.461 e. The Bertz CT molecular complexity index is 781. The van der Waals surface area contributed by atoms with E-state index in [1.807, 2.05) is 0 Å². The standard InChI is InChI=1S/C16H12Cl2N2O3/c1-19-15(23-13-7-3-5-11(18)9-13)14(21)20(16(19)22)12-6-2-4-10(17)8-12/h2-9,15H,1H3. The van der Waals surface area contributed by atoms with Gasteiger partial charge in [0.1, 0.15) is 5.75 Å². The van der Waals surface area contributed by atoms with E-state index < -0.39 is 18.2 Å². The predicted octanol–water partition coefficient (Wildman–Crippen LogP) is 3.80. The smallest absolute Gasteiger partial charge is 0.334 e. The summed E-state index contributed by atoms with van der Waals surface area (Å²) in [5, 5.41) is 0.915. The first-order valence-corrected chi connectivity index (χ1v) is 7.51. The molecule has 3 amide bonds. The summed E-state index contributed by atoms with van der Waals surface area (Å²) in [4.78, 5) is 27.2. The predicted molar refractivity (Wildman–Crippen MR) is 88.0 cm³/mol. The van der Waals surface area contributed by atoms with Crippen molar-refractivity contribution in [2.24, 2.45) is 0 Å². The summed E-state index contributed by atoms with van der Waals surface area (Å²) in [6, 6.07) is 12.7. The number of benzene rings is 2. The SMILES string of the molecule is CN1C(=O)N(c2cccc(Cl)c2)C(=O)C1Oc1cccc(Cl)c1. The third-order valence-corrected chi connectivity index (χ3v) is 3.86. The number of anilines is 1. The Balaban J connectivity index is 1.89. The van der Waals surface area contributed by atoms with Gasteiger partial charge in [-0.05, 0) is 36.4 Å². The maximum Gasteiger partial charge on any atom is 0.334 e. The minimum atomic E-state index is -1.06. The molecule has 1 heterocycles. The lowest BCUT2D eigenvalue weighted by molar-refractivity contribution is -0.126. The molecule has 1 atom stereocenters. The van der Waals surface area contributed by atoms with E-state index in [1.54, 1.807) is 48.5 Å². The van der Waals surface area contributed by atoms with Gasteiger partial charge in [-0.25, -0.2) is 9.69 Å². The van der Waals surface area contributed by atoms with Gasteiger partial charge in [-0.3, -0.25) is 9.69 Å². The van der Waals surface area contributed by atoms with E-state index in [9.17, 15) is 9.59 Å². The Morgan fingerprint density at radius 1 is 1.00 bits per heavy atom. The molecule has 0 aliphatic carbocycles. The van der Waals surface area contributed by atoms with Gasteiger partial charge in [-0.15, -0.1) is 0 Å². The molecule has 7 heteroatoms. The first-order chi connectivity index (χ1) is 11.0. The number of amides is 3. The molecule has 23 heavy (non-hydrogen) atoms. The third-order valence-electron chi connectivity index (χ3n) is 3.39. The highest BCUT2D eigenvalue weighted by Gasteiger charge is 2.45. The summed E-state index contributed by atoms with van der Waals surface area (Å²) < 4.78 is 5.63. The van der Waals surface area contributed by atoms with Crippen molar-refractivity contribution >= 4 is 40.8 Å². The van der Waals surface area contributed by atoms with Crippen LogP contribution in [0.2, 0.25) is 10.0 Å². The summed E-state index contributed by atoms with van der Waals surface area (Å²) in [7, 11) is 1.50. The lowest BCUT2D eigenvalue weighted by Gasteiger charge is -2.17. The zero-order valence-corrected chi connectivity index (χ0v) is 13.6. The number of halogens is 2. The Hall–Kier alpha value is -2.24. The average molecular weight is 351 g/mol. The van der Waals surface area contributed by atoms with Crippen LogP contribution in [-0.2, 0) is 4.79 Å². The molecule has 1 aliphatic heterocycles. The van der Waals surface area contributed by atoms with Crippen molar-refractivity contribution in [3.05, 3.63) is 58.6 Å². The number of rotatable bonds is 3. The number of ether oxygens (including phenoxy) is 1. The molecule has 2 aromatic rings. The molecule has 1 fully saturated rings. The highest BCUT2D eigenvalue weighted by molar-refractivity contribution is 6.31. The fourth-order valence-electron chi connectivity index (χ4n) is 2.28. The highest BCUT2D eigenvalue weighted by Crippen LogP contribution is 2.28. The average Bonchev–Trinajstić information content (AvgIpc) is 2.71. The van der Waals surface area contributed by atoms with Crippen LogP contribution in [0.25, 0.3) is 0 Å². The lowest BCUT2D eigenvalue weighted by Crippen LogP contribution is -2.36. The van der Waals surface area contributed by atoms with Crippen molar-refractivity contribution in [3.8, 4) is 5.75 Å². The highest BCUT2D eigenvalue weighted by atomic mass is 35.5. The first-order valence-electron chi connectivity index (χ1n) is 6.76. The molecule has 0 bridgehead atoms. The Kier molecular flexibility index (Phi) is 4.15. The van der Waals surface area contributed by atoms with Crippen LogP contribution in [0.3, 0.4) is 0 Å². The van der Waals surface area contributed by atoms with E-state index in [-0.39, 0.29) is 0 Å². The summed E-state index contributed by atoms with van der Waals surface area (Å²) in [6.07, 6.45) is -1.06. The van der Waals surface area contributed by atoms with Gasteiger partial charge in [0.25, 0.3) is 12.1 Å². The van der Waals surface area contributed by atoms with Gasteiger partial charge >= 0.3 is 6.03 Å². The molecule has 0 radical (unpaired) electrons. The van der Waals surface area contributed by atoms with Crippen molar-refractivity contribution in [1.29, 1.82) is 0 Å². The van der Waals surface area contributed by atoms with Crippen molar-refractivity contribution in [2.45, 2.75) is 6.23 Å². The van der Waals surface area contributed by atoms with Crippen molar-refractivity contribution < 1.29 is 14.3 Å². The molecule has 1 aliphatic rings. The van der Waals surface area contributed by atoms with Crippen LogP contribution >= 0.6 is 23.2 Å². The second-order valence-electron chi connectivity index (χ2n) is 4.97. The molecule has 0 spiro atoms. The number of hydrogen-bond donors (Lipinski definition) is 0. The monoisotopic (exact) mass is 350 g/mol. The Labute approximate surface area is 143 Å².